The third-order valence-corrected chi connectivity index (χ3v) is 2.16. The maximum Gasteiger partial charge on any atom is 0.315 e. The molecular formula is C10H18N2O2. The van der Waals surface area contributed by atoms with Crippen molar-refractivity contribution in [2.45, 2.75) is 31.8 Å². The van der Waals surface area contributed by atoms with Gasteiger partial charge in [0, 0.05) is 12.6 Å². The molecule has 2 amide bonds. The molecule has 0 aromatic rings. The van der Waals surface area contributed by atoms with E-state index in [0.29, 0.717) is 6.61 Å². The second-order valence-electron chi connectivity index (χ2n) is 3.60. The molecule has 0 radical (unpaired) electrons. The smallest absolute Gasteiger partial charge is 0.315 e. The second-order valence-corrected chi connectivity index (χ2v) is 3.60. The number of urea groups is 1. The first-order valence-electron chi connectivity index (χ1n) is 4.98. The van der Waals surface area contributed by atoms with Crippen molar-refractivity contribution in [1.82, 2.24) is 10.6 Å². The largest absolute Gasteiger partial charge is 0.379 e. The van der Waals surface area contributed by atoms with Crippen molar-refractivity contribution in [3.05, 3.63) is 12.7 Å². The molecule has 80 valence electrons. The molecule has 4 nitrogen and oxygen atoms in total. The summed E-state index contributed by atoms with van der Waals surface area (Å²) >= 11 is 0. The molecule has 0 saturated carbocycles. The summed E-state index contributed by atoms with van der Waals surface area (Å²) in [4.78, 5) is 11.4. The average Bonchev–Trinajstić information content (AvgIpc) is 2.56. The topological polar surface area (TPSA) is 50.4 Å². The number of hydrogen-bond acceptors (Lipinski definition) is 2. The van der Waals surface area contributed by atoms with Crippen LogP contribution >= 0.6 is 0 Å². The zero-order valence-corrected chi connectivity index (χ0v) is 8.58. The van der Waals surface area contributed by atoms with Crippen LogP contribution in [-0.2, 0) is 4.74 Å². The van der Waals surface area contributed by atoms with E-state index in [1.54, 1.807) is 6.08 Å². The summed E-state index contributed by atoms with van der Waals surface area (Å²) in [6, 6.07) is 0.190. The van der Waals surface area contributed by atoms with Crippen LogP contribution in [-0.4, -0.2) is 31.3 Å². The Morgan fingerprint density at radius 3 is 3.14 bits per heavy atom. The molecule has 0 aromatic heterocycles. The Balaban J connectivity index is 2.17. The summed E-state index contributed by atoms with van der Waals surface area (Å²) in [6.45, 7) is 6.94. The molecule has 0 bridgehead atoms. The lowest BCUT2D eigenvalue weighted by Crippen LogP contribution is -2.45. The van der Waals surface area contributed by atoms with Crippen LogP contribution in [0.15, 0.2) is 12.7 Å². The Morgan fingerprint density at radius 2 is 2.57 bits per heavy atom. The molecule has 1 heterocycles. The summed E-state index contributed by atoms with van der Waals surface area (Å²) in [5.41, 5.74) is 0. The van der Waals surface area contributed by atoms with Gasteiger partial charge in [-0.2, -0.15) is 0 Å². The molecular weight excluding hydrogens is 180 g/mol. The van der Waals surface area contributed by atoms with Gasteiger partial charge in [0.2, 0.25) is 0 Å². The number of ether oxygens (including phenoxy) is 1. The van der Waals surface area contributed by atoms with Crippen molar-refractivity contribution in [2.75, 3.05) is 13.2 Å². The molecule has 2 atom stereocenters. The fourth-order valence-corrected chi connectivity index (χ4v) is 1.41. The summed E-state index contributed by atoms with van der Waals surface area (Å²) in [7, 11) is 0. The average molecular weight is 198 g/mol. The third-order valence-electron chi connectivity index (χ3n) is 2.16. The maximum absolute atomic E-state index is 11.4. The van der Waals surface area contributed by atoms with E-state index >= 15 is 0 Å². The summed E-state index contributed by atoms with van der Waals surface area (Å²) in [5, 5.41) is 5.69. The zero-order chi connectivity index (χ0) is 10.4. The van der Waals surface area contributed by atoms with Gasteiger partial charge < -0.3 is 15.4 Å². The van der Waals surface area contributed by atoms with Gasteiger partial charge in [-0.25, -0.2) is 4.79 Å². The molecule has 1 fully saturated rings. The van der Waals surface area contributed by atoms with E-state index in [4.69, 9.17) is 4.74 Å². The first-order chi connectivity index (χ1) is 6.72. The van der Waals surface area contributed by atoms with Crippen LogP contribution < -0.4 is 10.6 Å². The van der Waals surface area contributed by atoms with Crippen LogP contribution in [0.5, 0.6) is 0 Å². The van der Waals surface area contributed by atoms with Gasteiger partial charge in [0.25, 0.3) is 0 Å². The first-order valence-corrected chi connectivity index (χ1v) is 4.98. The van der Waals surface area contributed by atoms with E-state index in [0.717, 1.165) is 19.4 Å². The van der Waals surface area contributed by atoms with Gasteiger partial charge in [-0.05, 0) is 19.8 Å². The number of nitrogens with one attached hydrogen (secondary N) is 2. The Kier molecular flexibility index (Phi) is 4.46. The van der Waals surface area contributed by atoms with Gasteiger partial charge in [0.1, 0.15) is 0 Å². The number of rotatable bonds is 4. The molecule has 0 spiro atoms. The van der Waals surface area contributed by atoms with E-state index in [9.17, 15) is 4.79 Å². The van der Waals surface area contributed by atoms with Crippen LogP contribution in [0.1, 0.15) is 19.8 Å². The summed E-state index contributed by atoms with van der Waals surface area (Å²) < 4.78 is 5.15. The normalized spacial score (nSPS) is 22.8. The molecule has 2 N–H and O–H groups in total. The van der Waals surface area contributed by atoms with E-state index in [-0.39, 0.29) is 18.1 Å². The Labute approximate surface area is 84.7 Å². The molecule has 4 heteroatoms. The highest BCUT2D eigenvalue weighted by Crippen LogP contribution is 2.02. The molecule has 2 unspecified atom stereocenters. The summed E-state index contributed by atoms with van der Waals surface area (Å²) in [5.74, 6) is 0. The number of carbonyl (C=O) groups excluding carboxylic acids is 1. The van der Waals surface area contributed by atoms with E-state index < -0.39 is 0 Å². The number of carbonyl (C=O) groups is 1. The molecule has 1 aliphatic heterocycles. The van der Waals surface area contributed by atoms with Crippen LogP contribution in [0.3, 0.4) is 0 Å². The van der Waals surface area contributed by atoms with Gasteiger partial charge in [-0.15, -0.1) is 6.58 Å². The van der Waals surface area contributed by atoms with Crippen LogP contribution in [0.4, 0.5) is 4.79 Å². The highest BCUT2D eigenvalue weighted by molar-refractivity contribution is 5.74. The van der Waals surface area contributed by atoms with Gasteiger partial charge >= 0.3 is 6.03 Å². The monoisotopic (exact) mass is 198 g/mol. The van der Waals surface area contributed by atoms with Crippen molar-refractivity contribution in [1.29, 1.82) is 0 Å². The van der Waals surface area contributed by atoms with Crippen molar-refractivity contribution in [3.63, 3.8) is 0 Å². The molecule has 1 saturated heterocycles. The fraction of sp³-hybridized carbons (Fsp3) is 0.700. The molecule has 1 aliphatic rings. The first kappa shape index (κ1) is 11.0. The highest BCUT2D eigenvalue weighted by Gasteiger charge is 2.17. The van der Waals surface area contributed by atoms with Crippen molar-refractivity contribution >= 4 is 6.03 Å². The predicted octanol–water partition coefficient (Wildman–Crippen LogP) is 1.04. The van der Waals surface area contributed by atoms with Crippen molar-refractivity contribution in [3.8, 4) is 0 Å². The maximum atomic E-state index is 11.4. The van der Waals surface area contributed by atoms with Gasteiger partial charge in [0.05, 0.1) is 12.6 Å². The SMILES string of the molecule is C=CCC(C)NC(=O)NC1CCOC1. The van der Waals surface area contributed by atoms with Crippen molar-refractivity contribution < 1.29 is 9.53 Å². The minimum atomic E-state index is -0.116. The van der Waals surface area contributed by atoms with E-state index in [2.05, 4.69) is 17.2 Å². The van der Waals surface area contributed by atoms with Gasteiger partial charge in [-0.1, -0.05) is 6.08 Å². The minimum Gasteiger partial charge on any atom is -0.379 e. The van der Waals surface area contributed by atoms with Crippen molar-refractivity contribution in [2.24, 2.45) is 0 Å². The Hall–Kier alpha value is -1.03. The van der Waals surface area contributed by atoms with Crippen LogP contribution in [0.2, 0.25) is 0 Å². The lowest BCUT2D eigenvalue weighted by Gasteiger charge is -2.15. The Bertz CT molecular complexity index is 200. The lowest BCUT2D eigenvalue weighted by atomic mass is 10.2. The number of amides is 2. The standard InChI is InChI=1S/C10H18N2O2/c1-3-4-8(2)11-10(13)12-9-5-6-14-7-9/h3,8-9H,1,4-7H2,2H3,(H2,11,12,13). The third kappa shape index (κ3) is 3.79. The molecule has 1 rings (SSSR count). The predicted molar refractivity (Wildman–Crippen MR) is 55.2 cm³/mol. The molecule has 0 aliphatic carbocycles. The van der Waals surface area contributed by atoms with Crippen LogP contribution in [0, 0.1) is 0 Å². The van der Waals surface area contributed by atoms with E-state index in [1.165, 1.54) is 0 Å². The zero-order valence-electron chi connectivity index (χ0n) is 8.58. The molecule has 0 aromatic carbocycles. The second kappa shape index (κ2) is 5.65. The Morgan fingerprint density at radius 1 is 1.79 bits per heavy atom. The van der Waals surface area contributed by atoms with E-state index in [1.807, 2.05) is 6.92 Å². The quantitative estimate of drug-likeness (QED) is 0.663. The van der Waals surface area contributed by atoms with Gasteiger partial charge in [0.15, 0.2) is 0 Å². The van der Waals surface area contributed by atoms with Crippen LogP contribution in [0.25, 0.3) is 0 Å². The highest BCUT2D eigenvalue weighted by atomic mass is 16.5. The number of hydrogen-bond donors (Lipinski definition) is 2. The molecule has 14 heavy (non-hydrogen) atoms. The summed E-state index contributed by atoms with van der Waals surface area (Å²) in [6.07, 6.45) is 3.49. The van der Waals surface area contributed by atoms with Gasteiger partial charge in [-0.3, -0.25) is 0 Å². The fourth-order valence-electron chi connectivity index (χ4n) is 1.41. The lowest BCUT2D eigenvalue weighted by molar-refractivity contribution is 0.188. The minimum absolute atomic E-state index is 0.116.